The Labute approximate surface area is 189 Å². The van der Waals surface area contributed by atoms with E-state index >= 15 is 0 Å². The third-order valence-corrected chi connectivity index (χ3v) is 5.74. The summed E-state index contributed by atoms with van der Waals surface area (Å²) in [5.41, 5.74) is 2.17. The van der Waals surface area contributed by atoms with Crippen LogP contribution in [0.4, 0.5) is 0 Å². The number of ether oxygens (including phenoxy) is 3. The lowest BCUT2D eigenvalue weighted by Crippen LogP contribution is -2.46. The number of benzene rings is 2. The van der Waals surface area contributed by atoms with Gasteiger partial charge in [0.1, 0.15) is 0 Å². The number of halogens is 1. The third kappa shape index (κ3) is 6.26. The molecule has 7 nitrogen and oxygen atoms in total. The van der Waals surface area contributed by atoms with Crippen molar-refractivity contribution < 1.29 is 14.2 Å². The van der Waals surface area contributed by atoms with Crippen LogP contribution >= 0.6 is 11.6 Å². The van der Waals surface area contributed by atoms with Crippen molar-refractivity contribution in [2.24, 2.45) is 4.99 Å². The van der Waals surface area contributed by atoms with E-state index in [4.69, 9.17) is 25.8 Å². The molecule has 0 radical (unpaired) electrons. The maximum Gasteiger partial charge on any atom is 0.191 e. The van der Waals surface area contributed by atoms with E-state index in [1.807, 2.05) is 36.4 Å². The van der Waals surface area contributed by atoms with Gasteiger partial charge in [0.05, 0.1) is 33.5 Å². The van der Waals surface area contributed by atoms with Crippen LogP contribution in [0.1, 0.15) is 17.2 Å². The van der Waals surface area contributed by atoms with Gasteiger partial charge in [-0.15, -0.1) is 0 Å². The summed E-state index contributed by atoms with van der Waals surface area (Å²) in [5, 5.41) is 7.54. The summed E-state index contributed by atoms with van der Waals surface area (Å²) in [6, 6.07) is 14.0. The number of hydrogen-bond donors (Lipinski definition) is 2. The molecule has 1 fully saturated rings. The summed E-state index contributed by atoms with van der Waals surface area (Å²) in [4.78, 5) is 6.78. The highest BCUT2D eigenvalue weighted by molar-refractivity contribution is 6.31. The minimum absolute atomic E-state index is 0.127. The summed E-state index contributed by atoms with van der Waals surface area (Å²) in [6.45, 7) is 4.46. The molecule has 3 rings (SSSR count). The minimum atomic E-state index is 0.127. The molecule has 0 spiro atoms. The molecular weight excluding hydrogens is 416 g/mol. The maximum absolute atomic E-state index is 6.27. The second kappa shape index (κ2) is 11.8. The minimum Gasteiger partial charge on any atom is -0.493 e. The lowest BCUT2D eigenvalue weighted by molar-refractivity contribution is 0.0169. The predicted octanol–water partition coefficient (Wildman–Crippen LogP) is 3.10. The van der Waals surface area contributed by atoms with Gasteiger partial charge in [0.25, 0.3) is 0 Å². The van der Waals surface area contributed by atoms with Gasteiger partial charge >= 0.3 is 0 Å². The Kier molecular flexibility index (Phi) is 8.82. The maximum atomic E-state index is 6.27. The highest BCUT2D eigenvalue weighted by Gasteiger charge is 2.24. The van der Waals surface area contributed by atoms with Crippen LogP contribution < -0.4 is 20.1 Å². The van der Waals surface area contributed by atoms with Crippen molar-refractivity contribution in [1.29, 1.82) is 0 Å². The Morgan fingerprint density at radius 1 is 1.10 bits per heavy atom. The van der Waals surface area contributed by atoms with E-state index in [0.717, 1.165) is 59.9 Å². The molecule has 0 bridgehead atoms. The van der Waals surface area contributed by atoms with Crippen molar-refractivity contribution >= 4 is 17.6 Å². The fraction of sp³-hybridized carbons (Fsp3) is 0.435. The first kappa shape index (κ1) is 23.2. The molecule has 0 aliphatic carbocycles. The number of nitrogens with zero attached hydrogens (tertiary/aromatic N) is 2. The molecule has 1 heterocycles. The second-order valence-electron chi connectivity index (χ2n) is 7.18. The molecule has 1 unspecified atom stereocenters. The molecule has 0 amide bonds. The van der Waals surface area contributed by atoms with E-state index < -0.39 is 0 Å². The highest BCUT2D eigenvalue weighted by atomic mass is 35.5. The van der Waals surface area contributed by atoms with Crippen molar-refractivity contribution in [2.75, 3.05) is 54.1 Å². The quantitative estimate of drug-likeness (QED) is 0.480. The monoisotopic (exact) mass is 446 g/mol. The van der Waals surface area contributed by atoms with E-state index in [-0.39, 0.29) is 6.04 Å². The van der Waals surface area contributed by atoms with Gasteiger partial charge in [-0.05, 0) is 29.3 Å². The summed E-state index contributed by atoms with van der Waals surface area (Å²) < 4.78 is 16.5. The van der Waals surface area contributed by atoms with Gasteiger partial charge in [0.15, 0.2) is 17.5 Å². The zero-order valence-corrected chi connectivity index (χ0v) is 19.1. The van der Waals surface area contributed by atoms with Crippen molar-refractivity contribution in [1.82, 2.24) is 15.5 Å². The van der Waals surface area contributed by atoms with E-state index in [9.17, 15) is 0 Å². The summed E-state index contributed by atoms with van der Waals surface area (Å²) >= 11 is 6.27. The van der Waals surface area contributed by atoms with Crippen molar-refractivity contribution in [3.05, 3.63) is 58.6 Å². The van der Waals surface area contributed by atoms with Crippen LogP contribution in [0, 0.1) is 0 Å². The van der Waals surface area contributed by atoms with Gasteiger partial charge < -0.3 is 24.8 Å². The van der Waals surface area contributed by atoms with Gasteiger partial charge in [-0.3, -0.25) is 9.89 Å². The molecule has 168 valence electrons. The van der Waals surface area contributed by atoms with Crippen molar-refractivity contribution in [3.8, 4) is 11.5 Å². The summed E-state index contributed by atoms with van der Waals surface area (Å²) in [7, 11) is 5.07. The molecule has 1 atom stereocenters. The average molecular weight is 447 g/mol. The standard InChI is InChI=1S/C23H31ClN4O3/c1-25-23(26-15-18-6-4-5-7-19(18)24)27-16-20(28-10-12-31-13-11-28)17-8-9-21(29-2)22(14-17)30-3/h4-9,14,20H,10-13,15-16H2,1-3H3,(H2,25,26,27). The molecule has 2 aromatic carbocycles. The fourth-order valence-electron chi connectivity index (χ4n) is 3.64. The number of rotatable bonds is 8. The molecule has 2 N–H and O–H groups in total. The van der Waals surface area contributed by atoms with E-state index in [1.54, 1.807) is 21.3 Å². The van der Waals surface area contributed by atoms with Gasteiger partial charge in [0, 0.05) is 38.2 Å². The smallest absolute Gasteiger partial charge is 0.191 e. The lowest BCUT2D eigenvalue weighted by Gasteiger charge is -2.35. The van der Waals surface area contributed by atoms with Crippen LogP contribution in [-0.2, 0) is 11.3 Å². The highest BCUT2D eigenvalue weighted by Crippen LogP contribution is 2.32. The zero-order valence-electron chi connectivity index (χ0n) is 18.4. The first-order valence-electron chi connectivity index (χ1n) is 10.4. The number of guanidine groups is 1. The van der Waals surface area contributed by atoms with Crippen LogP contribution in [-0.4, -0.2) is 65.0 Å². The number of morpholine rings is 1. The van der Waals surface area contributed by atoms with E-state index in [2.05, 4.69) is 26.6 Å². The summed E-state index contributed by atoms with van der Waals surface area (Å²) in [5.74, 6) is 2.16. The normalized spacial score (nSPS) is 15.9. The van der Waals surface area contributed by atoms with Crippen LogP contribution in [0.15, 0.2) is 47.5 Å². The number of hydrogen-bond acceptors (Lipinski definition) is 5. The molecule has 1 aliphatic heterocycles. The van der Waals surface area contributed by atoms with Crippen LogP contribution in [0.2, 0.25) is 5.02 Å². The van der Waals surface area contributed by atoms with E-state index in [1.165, 1.54) is 0 Å². The SMILES string of the molecule is CN=C(NCc1ccccc1Cl)NCC(c1ccc(OC)c(OC)c1)N1CCOCC1. The van der Waals surface area contributed by atoms with Crippen LogP contribution in [0.25, 0.3) is 0 Å². The molecule has 0 aromatic heterocycles. The number of methoxy groups -OCH3 is 2. The largest absolute Gasteiger partial charge is 0.493 e. The zero-order chi connectivity index (χ0) is 22.1. The number of aliphatic imine (C=N–C) groups is 1. The topological polar surface area (TPSA) is 67.4 Å². The van der Waals surface area contributed by atoms with Crippen LogP contribution in [0.3, 0.4) is 0 Å². The molecule has 2 aromatic rings. The Morgan fingerprint density at radius 3 is 2.52 bits per heavy atom. The first-order chi connectivity index (χ1) is 15.2. The Bertz CT molecular complexity index is 872. The fourth-order valence-corrected chi connectivity index (χ4v) is 3.84. The molecular formula is C23H31ClN4O3. The van der Waals surface area contributed by atoms with Crippen LogP contribution in [0.5, 0.6) is 11.5 Å². The molecule has 1 saturated heterocycles. The van der Waals surface area contributed by atoms with Gasteiger partial charge in [-0.1, -0.05) is 35.9 Å². The lowest BCUT2D eigenvalue weighted by atomic mass is 10.0. The Balaban J connectivity index is 1.71. The average Bonchev–Trinajstić information content (AvgIpc) is 2.82. The Hall–Kier alpha value is -2.48. The third-order valence-electron chi connectivity index (χ3n) is 5.37. The second-order valence-corrected chi connectivity index (χ2v) is 7.58. The number of nitrogens with one attached hydrogen (secondary N) is 2. The molecule has 1 aliphatic rings. The molecule has 31 heavy (non-hydrogen) atoms. The van der Waals surface area contributed by atoms with Gasteiger partial charge in [-0.25, -0.2) is 0 Å². The van der Waals surface area contributed by atoms with Gasteiger partial charge in [0.2, 0.25) is 0 Å². The molecule has 8 heteroatoms. The van der Waals surface area contributed by atoms with E-state index in [0.29, 0.717) is 13.1 Å². The molecule has 0 saturated carbocycles. The van der Waals surface area contributed by atoms with Crippen molar-refractivity contribution in [2.45, 2.75) is 12.6 Å². The first-order valence-corrected chi connectivity index (χ1v) is 10.8. The van der Waals surface area contributed by atoms with Crippen molar-refractivity contribution in [3.63, 3.8) is 0 Å². The predicted molar refractivity (Wildman–Crippen MR) is 124 cm³/mol. The van der Waals surface area contributed by atoms with Gasteiger partial charge in [-0.2, -0.15) is 0 Å². The summed E-state index contributed by atoms with van der Waals surface area (Å²) in [6.07, 6.45) is 0. The Morgan fingerprint density at radius 2 is 1.84 bits per heavy atom.